The van der Waals surface area contributed by atoms with Gasteiger partial charge in [-0.15, -0.1) is 0 Å². The molecule has 1 aliphatic heterocycles. The van der Waals surface area contributed by atoms with E-state index in [1.165, 1.54) is 5.56 Å². The fourth-order valence-corrected chi connectivity index (χ4v) is 2.13. The molecular formula is C15H10N2. The van der Waals surface area contributed by atoms with E-state index < -0.39 is 0 Å². The van der Waals surface area contributed by atoms with Gasteiger partial charge in [0, 0.05) is 6.21 Å². The lowest BCUT2D eigenvalue weighted by atomic mass is 9.99. The van der Waals surface area contributed by atoms with Crippen molar-refractivity contribution < 1.29 is 0 Å². The number of nitrogens with zero attached hydrogens (tertiary/aromatic N) is 2. The van der Waals surface area contributed by atoms with E-state index in [9.17, 15) is 0 Å². The molecule has 0 aliphatic carbocycles. The summed E-state index contributed by atoms with van der Waals surface area (Å²) in [6.45, 7) is 7.22. The molecule has 2 aromatic carbocycles. The van der Waals surface area contributed by atoms with Crippen LogP contribution in [0.25, 0.3) is 4.85 Å². The first-order valence-electron chi connectivity index (χ1n) is 5.50. The molecule has 80 valence electrons. The molecule has 0 N–H and O–H groups in total. The van der Waals surface area contributed by atoms with Crippen LogP contribution in [0, 0.1) is 6.57 Å². The molecule has 0 unspecified atom stereocenters. The molecule has 0 saturated heterocycles. The second-order valence-corrected chi connectivity index (χ2v) is 4.02. The van der Waals surface area contributed by atoms with Gasteiger partial charge in [0.05, 0.1) is 12.3 Å². The summed E-state index contributed by atoms with van der Waals surface area (Å²) in [7, 11) is 0. The third kappa shape index (κ3) is 1.62. The molecule has 0 aromatic heterocycles. The lowest BCUT2D eigenvalue weighted by molar-refractivity contribution is 1.20. The molecule has 2 nitrogen and oxygen atoms in total. The van der Waals surface area contributed by atoms with E-state index in [4.69, 9.17) is 6.57 Å². The van der Waals surface area contributed by atoms with Crippen LogP contribution in [-0.2, 0) is 6.42 Å². The van der Waals surface area contributed by atoms with E-state index in [-0.39, 0.29) is 0 Å². The summed E-state index contributed by atoms with van der Waals surface area (Å²) >= 11 is 0. The monoisotopic (exact) mass is 218 g/mol. The van der Waals surface area contributed by atoms with Crippen molar-refractivity contribution >= 4 is 17.6 Å². The minimum absolute atomic E-state index is 0.727. The standard InChI is InChI=1S/C15H10N2/c1-16-15-8-4-6-12-10-17-14-7-3-2-5-11(14)9-13(12)15/h2-8,10H,9H2. The van der Waals surface area contributed by atoms with Crippen LogP contribution in [0.2, 0.25) is 0 Å². The Balaban J connectivity index is 2.23. The van der Waals surface area contributed by atoms with E-state index >= 15 is 0 Å². The van der Waals surface area contributed by atoms with Crippen molar-refractivity contribution in [1.82, 2.24) is 0 Å². The fourth-order valence-electron chi connectivity index (χ4n) is 2.13. The molecular weight excluding hydrogens is 208 g/mol. The zero-order valence-corrected chi connectivity index (χ0v) is 9.22. The number of fused-ring (bicyclic) bond motifs is 2. The molecule has 1 heterocycles. The Morgan fingerprint density at radius 2 is 1.94 bits per heavy atom. The topological polar surface area (TPSA) is 16.7 Å². The maximum absolute atomic E-state index is 7.22. The fraction of sp³-hybridized carbons (Fsp3) is 0.0667. The molecule has 2 aromatic rings. The van der Waals surface area contributed by atoms with Crippen LogP contribution >= 0.6 is 0 Å². The highest BCUT2D eigenvalue weighted by atomic mass is 14.7. The third-order valence-corrected chi connectivity index (χ3v) is 3.01. The Hall–Kier alpha value is -2.40. The van der Waals surface area contributed by atoms with E-state index in [0.29, 0.717) is 0 Å². The van der Waals surface area contributed by atoms with Crippen molar-refractivity contribution in [2.24, 2.45) is 4.99 Å². The second-order valence-electron chi connectivity index (χ2n) is 4.02. The summed E-state index contributed by atoms with van der Waals surface area (Å²) in [6.07, 6.45) is 2.64. The van der Waals surface area contributed by atoms with Crippen molar-refractivity contribution in [1.29, 1.82) is 0 Å². The van der Waals surface area contributed by atoms with E-state index in [2.05, 4.69) is 15.9 Å². The minimum Gasteiger partial charge on any atom is -0.256 e. The van der Waals surface area contributed by atoms with Gasteiger partial charge in [-0.05, 0) is 29.2 Å². The zero-order chi connectivity index (χ0) is 11.7. The van der Waals surface area contributed by atoms with Crippen molar-refractivity contribution in [2.75, 3.05) is 0 Å². The van der Waals surface area contributed by atoms with Gasteiger partial charge in [-0.2, -0.15) is 0 Å². The first-order valence-corrected chi connectivity index (χ1v) is 5.50. The molecule has 1 aliphatic rings. The largest absolute Gasteiger partial charge is 0.256 e. The molecule has 0 saturated carbocycles. The van der Waals surface area contributed by atoms with Crippen molar-refractivity contribution in [3.8, 4) is 0 Å². The molecule has 3 rings (SSSR count). The van der Waals surface area contributed by atoms with Crippen LogP contribution in [0.3, 0.4) is 0 Å². The van der Waals surface area contributed by atoms with Gasteiger partial charge in [-0.25, -0.2) is 4.85 Å². The average Bonchev–Trinajstić information content (AvgIpc) is 2.57. The normalized spacial score (nSPS) is 12.2. The molecule has 17 heavy (non-hydrogen) atoms. The molecule has 0 fully saturated rings. The SMILES string of the molecule is [C-]#[N+]c1cccc2c1Cc1ccccc1N=C2. The Morgan fingerprint density at radius 3 is 2.82 bits per heavy atom. The van der Waals surface area contributed by atoms with Gasteiger partial charge in [0.25, 0.3) is 0 Å². The second kappa shape index (κ2) is 3.88. The highest BCUT2D eigenvalue weighted by Crippen LogP contribution is 2.31. The predicted octanol–water partition coefficient (Wildman–Crippen LogP) is 3.89. The van der Waals surface area contributed by atoms with Crippen LogP contribution in [-0.4, -0.2) is 6.21 Å². The van der Waals surface area contributed by atoms with Crippen LogP contribution < -0.4 is 0 Å². The van der Waals surface area contributed by atoms with Gasteiger partial charge in [-0.1, -0.05) is 36.4 Å². The van der Waals surface area contributed by atoms with E-state index in [1.807, 2.05) is 42.6 Å². The highest BCUT2D eigenvalue weighted by Gasteiger charge is 2.12. The van der Waals surface area contributed by atoms with Gasteiger partial charge in [-0.3, -0.25) is 4.99 Å². The van der Waals surface area contributed by atoms with Gasteiger partial charge >= 0.3 is 0 Å². The van der Waals surface area contributed by atoms with E-state index in [0.717, 1.165) is 28.9 Å². The first kappa shape index (κ1) is 9.80. The maximum Gasteiger partial charge on any atom is 0.191 e. The smallest absolute Gasteiger partial charge is 0.191 e. The van der Waals surface area contributed by atoms with Gasteiger partial charge in [0.15, 0.2) is 5.69 Å². The summed E-state index contributed by atoms with van der Waals surface area (Å²) in [5.74, 6) is 0. The number of hydrogen-bond donors (Lipinski definition) is 0. The molecule has 0 amide bonds. The predicted molar refractivity (Wildman–Crippen MR) is 69.2 cm³/mol. The lowest BCUT2D eigenvalue weighted by Gasteiger charge is -2.06. The Kier molecular flexibility index (Phi) is 2.23. The van der Waals surface area contributed by atoms with Crippen LogP contribution in [0.5, 0.6) is 0 Å². The van der Waals surface area contributed by atoms with E-state index in [1.54, 1.807) is 0 Å². The molecule has 0 atom stereocenters. The minimum atomic E-state index is 0.727. The summed E-state index contributed by atoms with van der Waals surface area (Å²) in [5, 5.41) is 0. The molecule has 0 bridgehead atoms. The number of para-hydroxylation sites is 1. The van der Waals surface area contributed by atoms with Gasteiger partial charge in [0.2, 0.25) is 0 Å². The summed E-state index contributed by atoms with van der Waals surface area (Å²) < 4.78 is 0. The van der Waals surface area contributed by atoms with Crippen molar-refractivity contribution in [2.45, 2.75) is 6.42 Å². The number of benzene rings is 2. The number of hydrogen-bond acceptors (Lipinski definition) is 1. The van der Waals surface area contributed by atoms with Crippen LogP contribution in [0.15, 0.2) is 47.5 Å². The Morgan fingerprint density at radius 1 is 1.06 bits per heavy atom. The maximum atomic E-state index is 7.22. The Bertz CT molecular complexity index is 648. The molecule has 2 heteroatoms. The third-order valence-electron chi connectivity index (χ3n) is 3.01. The quantitative estimate of drug-likeness (QED) is 0.509. The number of aliphatic imine (C=N–C) groups is 1. The molecule has 0 radical (unpaired) electrons. The molecule has 0 spiro atoms. The van der Waals surface area contributed by atoms with Crippen LogP contribution in [0.1, 0.15) is 16.7 Å². The summed E-state index contributed by atoms with van der Waals surface area (Å²) in [6, 6.07) is 13.9. The summed E-state index contributed by atoms with van der Waals surface area (Å²) in [4.78, 5) is 8.06. The average molecular weight is 218 g/mol. The van der Waals surface area contributed by atoms with Crippen LogP contribution in [0.4, 0.5) is 11.4 Å². The first-order chi connectivity index (χ1) is 8.38. The van der Waals surface area contributed by atoms with Crippen molar-refractivity contribution in [3.05, 3.63) is 70.6 Å². The van der Waals surface area contributed by atoms with Crippen molar-refractivity contribution in [3.63, 3.8) is 0 Å². The van der Waals surface area contributed by atoms with Gasteiger partial charge < -0.3 is 0 Å². The zero-order valence-electron chi connectivity index (χ0n) is 9.22. The summed E-state index contributed by atoms with van der Waals surface area (Å²) in [5.41, 5.74) is 5.04. The lowest BCUT2D eigenvalue weighted by Crippen LogP contribution is -1.92. The Labute approximate surface area is 100 Å². The van der Waals surface area contributed by atoms with Gasteiger partial charge in [0.1, 0.15) is 0 Å². The highest BCUT2D eigenvalue weighted by molar-refractivity contribution is 5.88. The number of rotatable bonds is 0.